The third-order valence-corrected chi connectivity index (χ3v) is 3.79. The minimum Gasteiger partial charge on any atom is -0.497 e. The van der Waals surface area contributed by atoms with Crippen LogP contribution in [-0.2, 0) is 12.8 Å². The van der Waals surface area contributed by atoms with E-state index in [2.05, 4.69) is 22.4 Å². The molecule has 1 aromatic carbocycles. The lowest BCUT2D eigenvalue weighted by molar-refractivity contribution is 0.414. The van der Waals surface area contributed by atoms with Gasteiger partial charge >= 0.3 is 0 Å². The van der Waals surface area contributed by atoms with Gasteiger partial charge in [-0.2, -0.15) is 0 Å². The van der Waals surface area contributed by atoms with E-state index in [1.165, 1.54) is 15.4 Å². The third kappa shape index (κ3) is 3.55. The molecule has 1 N–H and O–H groups in total. The molecule has 0 fully saturated rings. The van der Waals surface area contributed by atoms with Gasteiger partial charge in [0.1, 0.15) is 5.75 Å². The van der Waals surface area contributed by atoms with Crippen molar-refractivity contribution in [3.05, 3.63) is 45.9 Å². The summed E-state index contributed by atoms with van der Waals surface area (Å²) in [5.74, 6) is 0.896. The maximum atomic E-state index is 5.15. The summed E-state index contributed by atoms with van der Waals surface area (Å²) in [4.78, 5) is 5.81. The largest absolute Gasteiger partial charge is 0.497 e. The smallest absolute Gasteiger partial charge is 0.118 e. The van der Waals surface area contributed by atoms with E-state index in [0.29, 0.717) is 0 Å². The van der Waals surface area contributed by atoms with E-state index in [-0.39, 0.29) is 0 Å². The summed E-state index contributed by atoms with van der Waals surface area (Å²) in [6.45, 7) is 1.00. The summed E-state index contributed by atoms with van der Waals surface area (Å²) in [5, 5.41) is 4.33. The van der Waals surface area contributed by atoms with Crippen LogP contribution in [0.2, 0.25) is 0 Å². The molecule has 2 aromatic rings. The molecule has 4 heteroatoms. The lowest BCUT2D eigenvalue weighted by atomic mass is 10.1. The van der Waals surface area contributed by atoms with Gasteiger partial charge < -0.3 is 10.1 Å². The highest BCUT2D eigenvalue weighted by Crippen LogP contribution is 2.19. The molecule has 0 bridgehead atoms. The lowest BCUT2D eigenvalue weighted by Gasteiger charge is -2.01. The van der Waals surface area contributed by atoms with E-state index in [9.17, 15) is 0 Å². The molecule has 96 valence electrons. The normalized spacial score (nSPS) is 10.6. The zero-order valence-corrected chi connectivity index (χ0v) is 11.6. The predicted molar refractivity (Wildman–Crippen MR) is 75.5 cm³/mol. The second-order valence-corrected chi connectivity index (χ2v) is 5.30. The zero-order chi connectivity index (χ0) is 12.8. The van der Waals surface area contributed by atoms with Gasteiger partial charge in [-0.1, -0.05) is 12.1 Å². The van der Waals surface area contributed by atoms with Gasteiger partial charge in [-0.3, -0.25) is 0 Å². The van der Waals surface area contributed by atoms with Crippen molar-refractivity contribution in [1.82, 2.24) is 10.3 Å². The first-order valence-corrected chi connectivity index (χ1v) is 6.84. The molecule has 0 atom stereocenters. The van der Waals surface area contributed by atoms with Crippen molar-refractivity contribution in [3.63, 3.8) is 0 Å². The summed E-state index contributed by atoms with van der Waals surface area (Å²) >= 11 is 1.80. The molecule has 0 spiro atoms. The number of benzene rings is 1. The van der Waals surface area contributed by atoms with E-state index in [1.54, 1.807) is 18.4 Å². The molecular formula is C14H18N2OS. The molecule has 1 heterocycles. The van der Waals surface area contributed by atoms with Crippen molar-refractivity contribution < 1.29 is 4.74 Å². The second-order valence-electron chi connectivity index (χ2n) is 4.10. The monoisotopic (exact) mass is 262 g/mol. The van der Waals surface area contributed by atoms with Crippen LogP contribution in [0.1, 0.15) is 15.4 Å². The molecule has 0 radical (unpaired) electrons. The molecule has 0 saturated heterocycles. The molecule has 0 unspecified atom stereocenters. The first kappa shape index (κ1) is 13.1. The van der Waals surface area contributed by atoms with Gasteiger partial charge in [-0.25, -0.2) is 4.98 Å². The predicted octanol–water partition coefficient (Wildman–Crippen LogP) is 2.50. The first-order chi connectivity index (χ1) is 8.81. The van der Waals surface area contributed by atoms with Crippen LogP contribution in [0.3, 0.4) is 0 Å². The quantitative estimate of drug-likeness (QED) is 0.868. The maximum absolute atomic E-state index is 5.15. The summed E-state index contributed by atoms with van der Waals surface area (Å²) < 4.78 is 5.15. The number of thiazole rings is 1. The number of hydrogen-bond donors (Lipinski definition) is 1. The summed E-state index contributed by atoms with van der Waals surface area (Å²) in [7, 11) is 3.66. The molecule has 1 aromatic heterocycles. The molecule has 3 nitrogen and oxygen atoms in total. The highest BCUT2D eigenvalue weighted by atomic mass is 32.1. The number of nitrogens with zero attached hydrogens (tertiary/aromatic N) is 1. The van der Waals surface area contributed by atoms with Crippen molar-refractivity contribution in [1.29, 1.82) is 0 Å². The van der Waals surface area contributed by atoms with Crippen molar-refractivity contribution in [2.45, 2.75) is 12.8 Å². The molecule has 0 saturated carbocycles. The van der Waals surface area contributed by atoms with Gasteiger partial charge in [-0.05, 0) is 37.7 Å². The fraction of sp³-hybridized carbons (Fsp3) is 0.357. The Labute approximate surface area is 112 Å². The van der Waals surface area contributed by atoms with Crippen molar-refractivity contribution in [2.24, 2.45) is 0 Å². The first-order valence-electron chi connectivity index (χ1n) is 6.03. The van der Waals surface area contributed by atoms with Crippen LogP contribution in [0.15, 0.2) is 30.5 Å². The van der Waals surface area contributed by atoms with Gasteiger partial charge in [0, 0.05) is 17.5 Å². The SMILES string of the molecule is CNCCc1cnc(Cc2ccc(OC)cc2)s1. The standard InChI is InChI=1S/C14H18N2OS/c1-15-8-7-13-10-16-14(18-13)9-11-3-5-12(17-2)6-4-11/h3-6,10,15H,7-9H2,1-2H3. The van der Waals surface area contributed by atoms with Crippen molar-refractivity contribution in [3.8, 4) is 5.75 Å². The Morgan fingerprint density at radius 3 is 2.72 bits per heavy atom. The van der Waals surface area contributed by atoms with Gasteiger partial charge in [-0.15, -0.1) is 11.3 Å². The van der Waals surface area contributed by atoms with Crippen LogP contribution < -0.4 is 10.1 Å². The molecule has 18 heavy (non-hydrogen) atoms. The number of nitrogens with one attached hydrogen (secondary N) is 1. The number of rotatable bonds is 6. The molecule has 0 aliphatic rings. The van der Waals surface area contributed by atoms with E-state index in [4.69, 9.17) is 4.74 Å². The van der Waals surface area contributed by atoms with E-state index in [1.807, 2.05) is 25.4 Å². The Kier molecular flexibility index (Phi) is 4.73. The minimum atomic E-state index is 0.896. The van der Waals surface area contributed by atoms with Crippen LogP contribution in [-0.4, -0.2) is 25.7 Å². The molecule has 0 aliphatic heterocycles. The highest BCUT2D eigenvalue weighted by Gasteiger charge is 2.03. The fourth-order valence-electron chi connectivity index (χ4n) is 1.71. The fourth-order valence-corrected chi connectivity index (χ4v) is 2.67. The van der Waals surface area contributed by atoms with Crippen LogP contribution in [0.25, 0.3) is 0 Å². The Hall–Kier alpha value is -1.39. The van der Waals surface area contributed by atoms with E-state index < -0.39 is 0 Å². The van der Waals surface area contributed by atoms with Gasteiger partial charge in [0.15, 0.2) is 0 Å². The Morgan fingerprint density at radius 1 is 1.28 bits per heavy atom. The summed E-state index contributed by atoms with van der Waals surface area (Å²) in [6, 6.07) is 8.16. The molecule has 0 aliphatic carbocycles. The molecule has 2 rings (SSSR count). The number of methoxy groups -OCH3 is 1. The van der Waals surface area contributed by atoms with Crippen molar-refractivity contribution >= 4 is 11.3 Å². The summed E-state index contributed by atoms with van der Waals surface area (Å²) in [6.07, 6.45) is 3.94. The highest BCUT2D eigenvalue weighted by molar-refractivity contribution is 7.11. The van der Waals surface area contributed by atoms with Gasteiger partial charge in [0.05, 0.1) is 12.1 Å². The maximum Gasteiger partial charge on any atom is 0.118 e. The van der Waals surface area contributed by atoms with Crippen LogP contribution in [0.5, 0.6) is 5.75 Å². The number of ether oxygens (including phenoxy) is 1. The average molecular weight is 262 g/mol. The van der Waals surface area contributed by atoms with Crippen LogP contribution in [0, 0.1) is 0 Å². The van der Waals surface area contributed by atoms with Gasteiger partial charge in [0.2, 0.25) is 0 Å². The molecular weight excluding hydrogens is 244 g/mol. The number of hydrogen-bond acceptors (Lipinski definition) is 4. The van der Waals surface area contributed by atoms with Crippen molar-refractivity contribution in [2.75, 3.05) is 20.7 Å². The van der Waals surface area contributed by atoms with Crippen LogP contribution >= 0.6 is 11.3 Å². The van der Waals surface area contributed by atoms with Crippen LogP contribution in [0.4, 0.5) is 0 Å². The van der Waals surface area contributed by atoms with E-state index in [0.717, 1.165) is 25.1 Å². The topological polar surface area (TPSA) is 34.2 Å². The molecule has 0 amide bonds. The Morgan fingerprint density at radius 2 is 2.06 bits per heavy atom. The minimum absolute atomic E-state index is 0.896. The summed E-state index contributed by atoms with van der Waals surface area (Å²) in [5.41, 5.74) is 1.27. The Bertz CT molecular complexity index is 479. The lowest BCUT2D eigenvalue weighted by Crippen LogP contribution is -2.09. The van der Waals surface area contributed by atoms with E-state index >= 15 is 0 Å². The third-order valence-electron chi connectivity index (χ3n) is 2.74. The van der Waals surface area contributed by atoms with Gasteiger partial charge in [0.25, 0.3) is 0 Å². The average Bonchev–Trinajstić information content (AvgIpc) is 2.85. The number of likely N-dealkylation sites (N-methyl/N-ethyl adjacent to an activating group) is 1. The second kappa shape index (κ2) is 6.52. The number of aromatic nitrogens is 1. The zero-order valence-electron chi connectivity index (χ0n) is 10.8. The Balaban J connectivity index is 1.97.